The van der Waals surface area contributed by atoms with Crippen molar-refractivity contribution in [1.82, 2.24) is 9.88 Å². The fourth-order valence-electron chi connectivity index (χ4n) is 3.92. The predicted molar refractivity (Wildman–Crippen MR) is 91.9 cm³/mol. The van der Waals surface area contributed by atoms with E-state index in [0.717, 1.165) is 38.1 Å². The fraction of sp³-hybridized carbons (Fsp3) is 0.684. The van der Waals surface area contributed by atoms with E-state index in [1.54, 1.807) is 12.4 Å². The molecule has 2 atom stereocenters. The molecule has 1 spiro atoms. The van der Waals surface area contributed by atoms with E-state index in [0.29, 0.717) is 5.92 Å². The number of ether oxygens (including phenoxy) is 2. The first kappa shape index (κ1) is 17.1. The van der Waals surface area contributed by atoms with Gasteiger partial charge in [-0.1, -0.05) is 6.92 Å². The maximum atomic E-state index is 12.1. The second-order valence-electron chi connectivity index (χ2n) is 8.40. The summed E-state index contributed by atoms with van der Waals surface area (Å²) in [7, 11) is 0. The average molecular weight is 332 g/mol. The minimum absolute atomic E-state index is 0.184. The smallest absolute Gasteiger partial charge is 0.410 e. The van der Waals surface area contributed by atoms with Crippen LogP contribution in [0.2, 0.25) is 0 Å². The Labute approximate surface area is 144 Å². The normalized spacial score (nSPS) is 25.9. The van der Waals surface area contributed by atoms with Crippen LogP contribution in [0.15, 0.2) is 24.5 Å². The molecule has 3 rings (SSSR count). The third kappa shape index (κ3) is 3.82. The third-order valence-corrected chi connectivity index (χ3v) is 4.99. The van der Waals surface area contributed by atoms with Crippen LogP contribution in [0.4, 0.5) is 4.79 Å². The molecule has 1 amide bonds. The zero-order valence-electron chi connectivity index (χ0n) is 15.1. The number of hydrogen-bond acceptors (Lipinski definition) is 4. The molecule has 24 heavy (non-hydrogen) atoms. The maximum absolute atomic E-state index is 12.1. The summed E-state index contributed by atoms with van der Waals surface area (Å²) in [4.78, 5) is 18.0. The summed E-state index contributed by atoms with van der Waals surface area (Å²) in [5.41, 5.74) is -0.169. The molecule has 0 radical (unpaired) electrons. The van der Waals surface area contributed by atoms with Crippen molar-refractivity contribution < 1.29 is 14.3 Å². The number of carbonyl (C=O) groups excluding carboxylic acids is 1. The van der Waals surface area contributed by atoms with Crippen molar-refractivity contribution in [3.05, 3.63) is 24.5 Å². The topological polar surface area (TPSA) is 51.7 Å². The molecule has 0 unspecified atom stereocenters. The summed E-state index contributed by atoms with van der Waals surface area (Å²) >= 11 is 0. The second-order valence-corrected chi connectivity index (χ2v) is 8.40. The van der Waals surface area contributed by atoms with Crippen LogP contribution >= 0.6 is 0 Å². The van der Waals surface area contributed by atoms with Crippen molar-refractivity contribution in [3.8, 4) is 5.75 Å². The quantitative estimate of drug-likeness (QED) is 0.824. The minimum Gasteiger partial charge on any atom is -0.490 e. The molecule has 132 valence electrons. The van der Waals surface area contributed by atoms with Gasteiger partial charge in [0.2, 0.25) is 0 Å². The van der Waals surface area contributed by atoms with E-state index in [4.69, 9.17) is 9.47 Å². The molecule has 0 aromatic carbocycles. The summed E-state index contributed by atoms with van der Waals surface area (Å²) in [5.74, 6) is 1.37. The van der Waals surface area contributed by atoms with E-state index in [2.05, 4.69) is 11.9 Å². The third-order valence-electron chi connectivity index (χ3n) is 4.99. The molecule has 1 aromatic rings. The maximum Gasteiger partial charge on any atom is 0.410 e. The molecule has 1 aromatic heterocycles. The van der Waals surface area contributed by atoms with Crippen LogP contribution < -0.4 is 4.74 Å². The van der Waals surface area contributed by atoms with Crippen LogP contribution in [0.1, 0.15) is 47.0 Å². The Balaban J connectivity index is 1.51. The van der Waals surface area contributed by atoms with Crippen molar-refractivity contribution in [2.24, 2.45) is 11.3 Å². The van der Waals surface area contributed by atoms with Gasteiger partial charge in [0.1, 0.15) is 17.5 Å². The molecule has 5 nitrogen and oxygen atoms in total. The van der Waals surface area contributed by atoms with E-state index < -0.39 is 5.60 Å². The van der Waals surface area contributed by atoms with Gasteiger partial charge >= 0.3 is 6.09 Å². The van der Waals surface area contributed by atoms with Crippen molar-refractivity contribution in [2.45, 2.75) is 58.7 Å². The molecule has 0 N–H and O–H groups in total. The van der Waals surface area contributed by atoms with Gasteiger partial charge in [-0.15, -0.1) is 0 Å². The van der Waals surface area contributed by atoms with Crippen LogP contribution in [-0.4, -0.2) is 40.8 Å². The summed E-state index contributed by atoms with van der Waals surface area (Å²) in [6, 6.07) is 3.81. The van der Waals surface area contributed by atoms with Crippen LogP contribution in [0.25, 0.3) is 0 Å². The Kier molecular flexibility index (Phi) is 4.45. The van der Waals surface area contributed by atoms with Gasteiger partial charge in [-0.05, 0) is 58.1 Å². The highest BCUT2D eigenvalue weighted by Gasteiger charge is 2.50. The van der Waals surface area contributed by atoms with Crippen LogP contribution in [0.5, 0.6) is 5.75 Å². The van der Waals surface area contributed by atoms with Gasteiger partial charge in [0.15, 0.2) is 0 Å². The second kappa shape index (κ2) is 6.26. The highest BCUT2D eigenvalue weighted by atomic mass is 16.6. The summed E-state index contributed by atoms with van der Waals surface area (Å²) in [5, 5.41) is 0. The lowest BCUT2D eigenvalue weighted by molar-refractivity contribution is -0.0757. The monoisotopic (exact) mass is 332 g/mol. The van der Waals surface area contributed by atoms with Gasteiger partial charge in [0, 0.05) is 30.9 Å². The Morgan fingerprint density at radius 3 is 2.54 bits per heavy atom. The van der Waals surface area contributed by atoms with Gasteiger partial charge in [0.05, 0.1) is 0 Å². The number of aromatic nitrogens is 1. The first-order valence-corrected chi connectivity index (χ1v) is 8.81. The molecular weight excluding hydrogens is 304 g/mol. The van der Waals surface area contributed by atoms with Gasteiger partial charge < -0.3 is 14.4 Å². The Morgan fingerprint density at radius 1 is 1.29 bits per heavy atom. The zero-order valence-corrected chi connectivity index (χ0v) is 15.1. The van der Waals surface area contributed by atoms with E-state index >= 15 is 0 Å². The SMILES string of the molecule is C[C@H]1CC2(CC[C@@H]1Oc1ccncc1)CN(C(=O)OC(C)(C)C)C2. The van der Waals surface area contributed by atoms with Gasteiger partial charge in [-0.25, -0.2) is 4.79 Å². The van der Waals surface area contributed by atoms with Crippen molar-refractivity contribution in [3.63, 3.8) is 0 Å². The molecular formula is C19H28N2O3. The summed E-state index contributed by atoms with van der Waals surface area (Å²) < 4.78 is 11.6. The molecule has 1 aliphatic carbocycles. The number of amides is 1. The van der Waals surface area contributed by atoms with Crippen molar-refractivity contribution in [2.75, 3.05) is 13.1 Å². The number of hydrogen-bond donors (Lipinski definition) is 0. The minimum atomic E-state index is -0.427. The standard InChI is InChI=1S/C19H28N2O3/c1-14-11-19(12-21(13-19)17(22)24-18(2,3)4)8-5-16(14)23-15-6-9-20-10-7-15/h6-7,9-10,14,16H,5,8,11-13H2,1-4H3/t14-,16-/m0/s1. The van der Waals surface area contributed by atoms with Gasteiger partial charge in [-0.2, -0.15) is 0 Å². The molecule has 0 bridgehead atoms. The number of carbonyl (C=O) groups is 1. The zero-order chi connectivity index (χ0) is 17.4. The highest BCUT2D eigenvalue weighted by Crippen LogP contribution is 2.47. The van der Waals surface area contributed by atoms with Gasteiger partial charge in [0.25, 0.3) is 0 Å². The van der Waals surface area contributed by atoms with E-state index in [1.807, 2.05) is 37.8 Å². The Morgan fingerprint density at radius 2 is 1.96 bits per heavy atom. The molecule has 1 aliphatic heterocycles. The molecule has 1 saturated carbocycles. The highest BCUT2D eigenvalue weighted by molar-refractivity contribution is 5.69. The molecule has 2 aliphatic rings. The van der Waals surface area contributed by atoms with Gasteiger partial charge in [-0.3, -0.25) is 4.98 Å². The van der Waals surface area contributed by atoms with Crippen LogP contribution in [-0.2, 0) is 4.74 Å². The molecule has 2 fully saturated rings. The van der Waals surface area contributed by atoms with E-state index in [-0.39, 0.29) is 17.6 Å². The molecule has 1 saturated heterocycles. The molecule has 2 heterocycles. The van der Waals surface area contributed by atoms with Crippen LogP contribution in [0, 0.1) is 11.3 Å². The summed E-state index contributed by atoms with van der Waals surface area (Å²) in [6.07, 6.45) is 6.81. The number of nitrogens with zero attached hydrogens (tertiary/aromatic N) is 2. The van der Waals surface area contributed by atoms with E-state index in [1.165, 1.54) is 0 Å². The van der Waals surface area contributed by atoms with Crippen LogP contribution in [0.3, 0.4) is 0 Å². The van der Waals surface area contributed by atoms with Crippen molar-refractivity contribution >= 4 is 6.09 Å². The number of pyridine rings is 1. The average Bonchev–Trinajstić information content (AvgIpc) is 2.46. The Hall–Kier alpha value is -1.78. The molecule has 5 heteroatoms. The largest absolute Gasteiger partial charge is 0.490 e. The lowest BCUT2D eigenvalue weighted by Gasteiger charge is -2.54. The van der Waals surface area contributed by atoms with E-state index in [9.17, 15) is 4.79 Å². The Bertz CT molecular complexity index is 576. The predicted octanol–water partition coefficient (Wildman–Crippen LogP) is 3.89. The van der Waals surface area contributed by atoms with Crippen molar-refractivity contribution in [1.29, 1.82) is 0 Å². The first-order valence-electron chi connectivity index (χ1n) is 8.81. The lowest BCUT2D eigenvalue weighted by atomic mass is 9.64. The number of rotatable bonds is 2. The lowest BCUT2D eigenvalue weighted by Crippen LogP contribution is -2.61. The summed E-state index contributed by atoms with van der Waals surface area (Å²) in [6.45, 7) is 9.60. The first-order chi connectivity index (χ1) is 11.3. The number of likely N-dealkylation sites (tertiary alicyclic amines) is 1. The fourth-order valence-corrected chi connectivity index (χ4v) is 3.92.